The number of morpholine rings is 1. The van der Waals surface area contributed by atoms with Gasteiger partial charge >= 0.3 is 6.03 Å². The van der Waals surface area contributed by atoms with Crippen molar-refractivity contribution in [2.45, 2.75) is 95.6 Å². The quantitative estimate of drug-likeness (QED) is 0.302. The normalized spacial score (nSPS) is 21.8. The van der Waals surface area contributed by atoms with Gasteiger partial charge in [-0.3, -0.25) is 0 Å². The lowest BCUT2D eigenvalue weighted by Gasteiger charge is -2.37. The molecule has 10 heteroatoms. The summed E-state index contributed by atoms with van der Waals surface area (Å²) < 4.78 is 39.5. The van der Waals surface area contributed by atoms with Gasteiger partial charge in [0, 0.05) is 26.2 Å². The van der Waals surface area contributed by atoms with Crippen LogP contribution in [0, 0.1) is 17.6 Å². The zero-order valence-electron chi connectivity index (χ0n) is 22.8. The summed E-state index contributed by atoms with van der Waals surface area (Å²) in [7, 11) is 1.71. The highest BCUT2D eigenvalue weighted by Gasteiger charge is 2.34. The van der Waals surface area contributed by atoms with Gasteiger partial charge in [0.05, 0.1) is 31.4 Å². The Balaban J connectivity index is 0.00000507. The van der Waals surface area contributed by atoms with Crippen molar-refractivity contribution in [2.75, 3.05) is 33.4 Å². The number of nitrogens with zero attached hydrogens (tertiary/aromatic N) is 1. The molecular formula is C28H46ClF2N3O4. The van der Waals surface area contributed by atoms with Crippen molar-refractivity contribution in [2.24, 2.45) is 5.92 Å². The molecule has 4 atom stereocenters. The number of hydrogen-bond acceptors (Lipinski definition) is 5. The zero-order valence-corrected chi connectivity index (χ0v) is 23.6. The SMILES string of the molecule is CCCCCCN(C)C(=O)N[C@@H](Cc1cc(F)cc(F)c1)[C@H](O)[C@H]1CO[C@@H](OCC2CCCCC2)CN1.Cl. The van der Waals surface area contributed by atoms with Crippen LogP contribution in [0.3, 0.4) is 0 Å². The molecule has 1 saturated carbocycles. The minimum absolute atomic E-state index is 0. The first-order chi connectivity index (χ1) is 17.9. The Morgan fingerprint density at radius 3 is 2.53 bits per heavy atom. The summed E-state index contributed by atoms with van der Waals surface area (Å²) >= 11 is 0. The van der Waals surface area contributed by atoms with E-state index < -0.39 is 29.8 Å². The van der Waals surface area contributed by atoms with Crippen molar-refractivity contribution in [3.05, 3.63) is 35.4 Å². The maximum Gasteiger partial charge on any atom is 0.317 e. The molecule has 3 rings (SSSR count). The first kappa shape index (κ1) is 32.7. The molecule has 2 aliphatic rings. The summed E-state index contributed by atoms with van der Waals surface area (Å²) in [6.45, 7) is 4.02. The highest BCUT2D eigenvalue weighted by Crippen LogP contribution is 2.24. The van der Waals surface area contributed by atoms with E-state index in [4.69, 9.17) is 9.47 Å². The molecule has 218 valence electrons. The van der Waals surface area contributed by atoms with E-state index in [9.17, 15) is 18.7 Å². The summed E-state index contributed by atoms with van der Waals surface area (Å²) in [6, 6.07) is 1.69. The molecule has 2 amide bonds. The van der Waals surface area contributed by atoms with Gasteiger partial charge in [0.1, 0.15) is 11.6 Å². The Morgan fingerprint density at radius 2 is 1.89 bits per heavy atom. The highest BCUT2D eigenvalue weighted by molar-refractivity contribution is 5.85. The fourth-order valence-corrected chi connectivity index (χ4v) is 5.17. The monoisotopic (exact) mass is 561 g/mol. The molecule has 0 spiro atoms. The van der Waals surface area contributed by atoms with Gasteiger partial charge in [-0.25, -0.2) is 13.6 Å². The van der Waals surface area contributed by atoms with Crippen LogP contribution in [0.25, 0.3) is 0 Å². The third-order valence-electron chi connectivity index (χ3n) is 7.46. The molecule has 3 N–H and O–H groups in total. The minimum Gasteiger partial charge on any atom is -0.389 e. The predicted molar refractivity (Wildman–Crippen MR) is 146 cm³/mol. The number of halogens is 3. The molecule has 1 heterocycles. The van der Waals surface area contributed by atoms with Crippen molar-refractivity contribution < 1.29 is 28.2 Å². The van der Waals surface area contributed by atoms with Crippen LogP contribution in [0.2, 0.25) is 0 Å². The number of benzene rings is 1. The van der Waals surface area contributed by atoms with Gasteiger partial charge in [-0.2, -0.15) is 0 Å². The third-order valence-corrected chi connectivity index (χ3v) is 7.46. The van der Waals surface area contributed by atoms with Crippen molar-refractivity contribution in [3.8, 4) is 0 Å². The fourth-order valence-electron chi connectivity index (χ4n) is 5.17. The lowest BCUT2D eigenvalue weighted by atomic mass is 9.90. The number of amides is 2. The standard InChI is InChI=1S/C28H45F2N3O4.ClH/c1-3-4-5-9-12-33(2)28(35)32-24(15-21-13-22(29)16-23(30)14-21)27(34)25-19-37-26(17-31-25)36-18-20-10-7-6-8-11-20;/h13-14,16,20,24-27,31,34H,3-12,15,17-19H2,1-2H3,(H,32,35);1H/t24-,25+,26+,27-;/m0./s1. The number of nitrogens with one attached hydrogen (secondary N) is 2. The van der Waals surface area contributed by atoms with Crippen LogP contribution in [0.4, 0.5) is 13.6 Å². The van der Waals surface area contributed by atoms with Crippen molar-refractivity contribution in [1.82, 2.24) is 15.5 Å². The number of aliphatic hydroxyl groups is 1. The topological polar surface area (TPSA) is 83.1 Å². The molecule has 2 fully saturated rings. The number of urea groups is 1. The van der Waals surface area contributed by atoms with Gasteiger partial charge in [0.2, 0.25) is 0 Å². The van der Waals surface area contributed by atoms with Gasteiger partial charge in [0.25, 0.3) is 0 Å². The molecule has 1 aliphatic carbocycles. The number of carbonyl (C=O) groups excluding carboxylic acids is 1. The summed E-state index contributed by atoms with van der Waals surface area (Å²) in [4.78, 5) is 14.5. The molecule has 0 aromatic heterocycles. The van der Waals surface area contributed by atoms with Gasteiger partial charge in [-0.05, 0) is 49.3 Å². The molecule has 7 nitrogen and oxygen atoms in total. The first-order valence-corrected chi connectivity index (χ1v) is 14.0. The second-order valence-electron chi connectivity index (χ2n) is 10.6. The average Bonchev–Trinajstić information content (AvgIpc) is 2.89. The summed E-state index contributed by atoms with van der Waals surface area (Å²) in [5.41, 5.74) is 0.359. The second-order valence-corrected chi connectivity index (χ2v) is 10.6. The molecular weight excluding hydrogens is 516 g/mol. The number of rotatable bonds is 13. The second kappa shape index (κ2) is 17.2. The molecule has 1 aromatic carbocycles. The van der Waals surface area contributed by atoms with Crippen molar-refractivity contribution >= 4 is 18.4 Å². The number of carbonyl (C=O) groups is 1. The van der Waals surface area contributed by atoms with E-state index >= 15 is 0 Å². The molecule has 0 bridgehead atoms. The predicted octanol–water partition coefficient (Wildman–Crippen LogP) is 4.79. The van der Waals surface area contributed by atoms with Crippen LogP contribution in [-0.4, -0.2) is 73.9 Å². The van der Waals surface area contributed by atoms with E-state index in [1.165, 1.54) is 44.2 Å². The van der Waals surface area contributed by atoms with E-state index in [2.05, 4.69) is 17.6 Å². The largest absolute Gasteiger partial charge is 0.389 e. The van der Waals surface area contributed by atoms with Crippen molar-refractivity contribution in [3.63, 3.8) is 0 Å². The molecule has 1 aliphatic heterocycles. The Labute approximate surface area is 232 Å². The lowest BCUT2D eigenvalue weighted by molar-refractivity contribution is -0.178. The summed E-state index contributed by atoms with van der Waals surface area (Å²) in [5, 5.41) is 17.4. The van der Waals surface area contributed by atoms with Gasteiger partial charge < -0.3 is 30.1 Å². The number of unbranched alkanes of at least 4 members (excludes halogenated alkanes) is 3. The third kappa shape index (κ3) is 10.9. The van der Waals surface area contributed by atoms with E-state index in [1.807, 2.05) is 0 Å². The average molecular weight is 562 g/mol. The Bertz CT molecular complexity index is 803. The molecule has 1 saturated heterocycles. The van der Waals surface area contributed by atoms with Crippen LogP contribution < -0.4 is 10.6 Å². The Morgan fingerprint density at radius 1 is 1.18 bits per heavy atom. The van der Waals surface area contributed by atoms with Gasteiger partial charge in [0.15, 0.2) is 6.29 Å². The number of hydrogen-bond donors (Lipinski definition) is 3. The van der Waals surface area contributed by atoms with Crippen LogP contribution in [0.15, 0.2) is 18.2 Å². The summed E-state index contributed by atoms with van der Waals surface area (Å²) in [5.74, 6) is -0.815. The number of aliphatic hydroxyl groups excluding tert-OH is 1. The highest BCUT2D eigenvalue weighted by atomic mass is 35.5. The molecule has 1 aromatic rings. The molecule has 0 unspecified atom stereocenters. The maximum absolute atomic E-state index is 13.8. The van der Waals surface area contributed by atoms with E-state index in [1.54, 1.807) is 11.9 Å². The van der Waals surface area contributed by atoms with Gasteiger partial charge in [-0.15, -0.1) is 12.4 Å². The van der Waals surface area contributed by atoms with E-state index in [0.717, 1.165) is 31.7 Å². The smallest absolute Gasteiger partial charge is 0.317 e. The van der Waals surface area contributed by atoms with E-state index in [-0.39, 0.29) is 37.8 Å². The summed E-state index contributed by atoms with van der Waals surface area (Å²) in [6.07, 6.45) is 8.98. The van der Waals surface area contributed by atoms with Crippen LogP contribution >= 0.6 is 12.4 Å². The van der Waals surface area contributed by atoms with Crippen LogP contribution in [-0.2, 0) is 15.9 Å². The molecule has 38 heavy (non-hydrogen) atoms. The van der Waals surface area contributed by atoms with Crippen LogP contribution in [0.5, 0.6) is 0 Å². The Hall–Kier alpha value is -1.52. The van der Waals surface area contributed by atoms with Crippen LogP contribution in [0.1, 0.15) is 70.3 Å². The maximum atomic E-state index is 13.8. The van der Waals surface area contributed by atoms with Gasteiger partial charge in [-0.1, -0.05) is 45.4 Å². The zero-order chi connectivity index (χ0) is 26.6. The van der Waals surface area contributed by atoms with E-state index in [0.29, 0.717) is 31.2 Å². The Kier molecular flexibility index (Phi) is 14.8. The minimum atomic E-state index is -1.04. The lowest BCUT2D eigenvalue weighted by Crippen LogP contribution is -2.60. The van der Waals surface area contributed by atoms with Crippen molar-refractivity contribution in [1.29, 1.82) is 0 Å². The fraction of sp³-hybridized carbons (Fsp3) is 0.750. The molecule has 0 radical (unpaired) electrons. The number of ether oxygens (including phenoxy) is 2. The first-order valence-electron chi connectivity index (χ1n) is 14.0.